The van der Waals surface area contributed by atoms with Crippen LogP contribution in [-0.4, -0.2) is 46.1 Å². The zero-order valence-electron chi connectivity index (χ0n) is 18.7. The van der Waals surface area contributed by atoms with E-state index in [9.17, 15) is 19.2 Å². The van der Waals surface area contributed by atoms with Crippen LogP contribution >= 0.6 is 0 Å². The zero-order valence-corrected chi connectivity index (χ0v) is 18.7. The molecule has 0 saturated carbocycles. The fraction of sp³-hybridized carbons (Fsp3) is 0.111. The van der Waals surface area contributed by atoms with Crippen molar-refractivity contribution in [3.63, 3.8) is 0 Å². The van der Waals surface area contributed by atoms with E-state index in [1.54, 1.807) is 48.5 Å². The van der Waals surface area contributed by atoms with Gasteiger partial charge in [0.05, 0.1) is 6.54 Å². The zero-order chi connectivity index (χ0) is 24.4. The van der Waals surface area contributed by atoms with Crippen molar-refractivity contribution in [1.29, 1.82) is 0 Å². The lowest BCUT2D eigenvalue weighted by Gasteiger charge is -2.12. The first-order chi connectivity index (χ1) is 17.0. The molecule has 2 heterocycles. The molecule has 0 bridgehead atoms. The number of nitrogens with zero attached hydrogens (tertiary/aromatic N) is 1. The van der Waals surface area contributed by atoms with Gasteiger partial charge in [-0.2, -0.15) is 0 Å². The van der Waals surface area contributed by atoms with E-state index in [-0.39, 0.29) is 18.2 Å². The van der Waals surface area contributed by atoms with E-state index in [0.29, 0.717) is 23.2 Å². The largest absolute Gasteiger partial charge is 0.361 e. The lowest BCUT2D eigenvalue weighted by molar-refractivity contribution is -0.127. The van der Waals surface area contributed by atoms with E-state index < -0.39 is 18.0 Å². The monoisotopic (exact) mass is 466 g/mol. The molecule has 1 aromatic heterocycles. The summed E-state index contributed by atoms with van der Waals surface area (Å²) in [7, 11) is 0. The van der Waals surface area contributed by atoms with Gasteiger partial charge in [0.1, 0.15) is 6.04 Å². The van der Waals surface area contributed by atoms with Crippen molar-refractivity contribution < 1.29 is 19.2 Å². The van der Waals surface area contributed by atoms with Crippen molar-refractivity contribution >= 4 is 40.2 Å². The number of anilines is 1. The predicted molar refractivity (Wildman–Crippen MR) is 131 cm³/mol. The van der Waals surface area contributed by atoms with E-state index >= 15 is 0 Å². The number of Topliss-reactive ketones (excluding diaryl/α,β-unsaturated/α-hetero) is 1. The highest BCUT2D eigenvalue weighted by atomic mass is 16.2. The number of rotatable bonds is 7. The van der Waals surface area contributed by atoms with Crippen LogP contribution in [0.5, 0.6) is 0 Å². The molecule has 174 valence electrons. The summed E-state index contributed by atoms with van der Waals surface area (Å²) in [5.74, 6) is -1.06. The van der Waals surface area contributed by atoms with Gasteiger partial charge >= 0.3 is 6.03 Å². The van der Waals surface area contributed by atoms with Crippen LogP contribution in [0.25, 0.3) is 10.9 Å². The number of carbonyl (C=O) groups is 4. The molecule has 1 atom stereocenters. The van der Waals surface area contributed by atoms with Crippen LogP contribution in [0.4, 0.5) is 10.5 Å². The van der Waals surface area contributed by atoms with Crippen LogP contribution in [0.3, 0.4) is 0 Å². The van der Waals surface area contributed by atoms with Gasteiger partial charge in [-0.1, -0.05) is 36.4 Å². The molecule has 0 spiro atoms. The molecule has 8 heteroatoms. The summed E-state index contributed by atoms with van der Waals surface area (Å²) in [6.07, 6.45) is 2.16. The predicted octanol–water partition coefficient (Wildman–Crippen LogP) is 3.77. The maximum absolute atomic E-state index is 12.9. The fourth-order valence-electron chi connectivity index (χ4n) is 4.15. The number of fused-ring (bicyclic) bond motifs is 1. The first-order valence-electron chi connectivity index (χ1n) is 11.2. The number of amides is 4. The smallest absolute Gasteiger partial charge is 0.325 e. The Hall–Kier alpha value is -4.72. The Labute approximate surface area is 200 Å². The molecule has 1 saturated heterocycles. The Bertz CT molecular complexity index is 1430. The molecule has 0 aliphatic carbocycles. The van der Waals surface area contributed by atoms with Gasteiger partial charge in [-0.3, -0.25) is 19.3 Å². The number of carbonyl (C=O) groups excluding carboxylic acids is 4. The molecule has 1 aliphatic heterocycles. The normalized spacial score (nSPS) is 15.3. The van der Waals surface area contributed by atoms with Gasteiger partial charge in [0.15, 0.2) is 5.78 Å². The number of imide groups is 1. The molecule has 8 nitrogen and oxygen atoms in total. The standard InChI is InChI=1S/C27H22N4O4/c32-24(17-10-12-20(13-11-17)29-25(33)18-6-2-1-3-7-18)16-31-26(34)23(30-27(31)35)14-19-15-28-22-9-5-4-8-21(19)22/h1-13,15,23,28H,14,16H2,(H,29,33)(H,30,35)/t23-/m0/s1. The molecule has 0 unspecified atom stereocenters. The first kappa shape index (κ1) is 22.1. The molecule has 1 fully saturated rings. The second-order valence-electron chi connectivity index (χ2n) is 8.31. The lowest BCUT2D eigenvalue weighted by Crippen LogP contribution is -2.36. The number of hydrogen-bond donors (Lipinski definition) is 3. The second-order valence-corrected chi connectivity index (χ2v) is 8.31. The van der Waals surface area contributed by atoms with E-state index in [1.165, 1.54) is 0 Å². The Morgan fingerprint density at radius 2 is 1.57 bits per heavy atom. The Balaban J connectivity index is 1.22. The molecule has 5 rings (SSSR count). The summed E-state index contributed by atoms with van der Waals surface area (Å²) < 4.78 is 0. The fourth-order valence-corrected chi connectivity index (χ4v) is 4.15. The van der Waals surface area contributed by atoms with Gasteiger partial charge < -0.3 is 15.6 Å². The number of aromatic nitrogens is 1. The summed E-state index contributed by atoms with van der Waals surface area (Å²) in [4.78, 5) is 54.5. The number of benzene rings is 3. The van der Waals surface area contributed by atoms with Crippen LogP contribution in [-0.2, 0) is 11.2 Å². The molecule has 3 N–H and O–H groups in total. The molecule has 1 aliphatic rings. The summed E-state index contributed by atoms with van der Waals surface area (Å²) in [5, 5.41) is 6.44. The van der Waals surface area contributed by atoms with Crippen molar-refractivity contribution in [2.45, 2.75) is 12.5 Å². The minimum Gasteiger partial charge on any atom is -0.361 e. The minimum absolute atomic E-state index is 0.259. The number of urea groups is 1. The summed E-state index contributed by atoms with van der Waals surface area (Å²) in [6.45, 7) is -0.356. The third-order valence-electron chi connectivity index (χ3n) is 6.01. The Kier molecular flexibility index (Phi) is 5.85. The topological polar surface area (TPSA) is 111 Å². The van der Waals surface area contributed by atoms with Crippen molar-refractivity contribution in [3.05, 3.63) is 102 Å². The van der Waals surface area contributed by atoms with Crippen molar-refractivity contribution in [1.82, 2.24) is 15.2 Å². The molecule has 4 amide bonds. The van der Waals surface area contributed by atoms with Crippen molar-refractivity contribution in [2.75, 3.05) is 11.9 Å². The lowest BCUT2D eigenvalue weighted by atomic mass is 10.0. The third-order valence-corrected chi connectivity index (χ3v) is 6.01. The quantitative estimate of drug-likeness (QED) is 0.284. The summed E-state index contributed by atoms with van der Waals surface area (Å²) >= 11 is 0. The summed E-state index contributed by atoms with van der Waals surface area (Å²) in [5.41, 5.74) is 3.26. The van der Waals surface area contributed by atoms with Crippen LogP contribution < -0.4 is 10.6 Å². The number of H-pyrrole nitrogens is 1. The van der Waals surface area contributed by atoms with Gasteiger partial charge in [0.2, 0.25) is 0 Å². The molecular weight excluding hydrogens is 444 g/mol. The van der Waals surface area contributed by atoms with E-state index in [0.717, 1.165) is 21.4 Å². The number of aromatic amines is 1. The Morgan fingerprint density at radius 3 is 2.34 bits per heavy atom. The van der Waals surface area contributed by atoms with Crippen LogP contribution in [0.2, 0.25) is 0 Å². The highest BCUT2D eigenvalue weighted by Crippen LogP contribution is 2.21. The van der Waals surface area contributed by atoms with E-state index in [2.05, 4.69) is 15.6 Å². The molecular formula is C27H22N4O4. The molecule has 35 heavy (non-hydrogen) atoms. The van der Waals surface area contributed by atoms with Crippen molar-refractivity contribution in [3.8, 4) is 0 Å². The molecule has 3 aromatic carbocycles. The molecule has 4 aromatic rings. The Morgan fingerprint density at radius 1 is 0.857 bits per heavy atom. The summed E-state index contributed by atoms with van der Waals surface area (Å²) in [6, 6.07) is 21.5. The SMILES string of the molecule is O=C(CN1C(=O)N[C@@H](Cc2c[nH]c3ccccc23)C1=O)c1ccc(NC(=O)c2ccccc2)cc1. The number of ketones is 1. The number of hydrogen-bond acceptors (Lipinski definition) is 4. The van der Waals surface area contributed by atoms with Gasteiger partial charge in [-0.15, -0.1) is 0 Å². The number of para-hydroxylation sites is 1. The maximum Gasteiger partial charge on any atom is 0.325 e. The first-order valence-corrected chi connectivity index (χ1v) is 11.2. The van der Waals surface area contributed by atoms with Gasteiger partial charge in [0, 0.05) is 40.3 Å². The van der Waals surface area contributed by atoms with Gasteiger partial charge in [-0.05, 0) is 48.0 Å². The van der Waals surface area contributed by atoms with Gasteiger partial charge in [-0.25, -0.2) is 4.79 Å². The van der Waals surface area contributed by atoms with Gasteiger partial charge in [0.25, 0.3) is 11.8 Å². The molecule has 0 radical (unpaired) electrons. The van der Waals surface area contributed by atoms with E-state index in [1.807, 2.05) is 36.5 Å². The second kappa shape index (κ2) is 9.26. The van der Waals surface area contributed by atoms with Crippen LogP contribution in [0, 0.1) is 0 Å². The number of nitrogens with one attached hydrogen (secondary N) is 3. The average molecular weight is 466 g/mol. The minimum atomic E-state index is -0.731. The highest BCUT2D eigenvalue weighted by Gasteiger charge is 2.39. The average Bonchev–Trinajstić information content (AvgIpc) is 3.41. The van der Waals surface area contributed by atoms with Crippen LogP contribution in [0.15, 0.2) is 85.1 Å². The van der Waals surface area contributed by atoms with Crippen molar-refractivity contribution in [2.24, 2.45) is 0 Å². The highest BCUT2D eigenvalue weighted by molar-refractivity contribution is 6.10. The maximum atomic E-state index is 12.9. The third kappa shape index (κ3) is 4.54. The van der Waals surface area contributed by atoms with Crippen LogP contribution in [0.1, 0.15) is 26.3 Å². The van der Waals surface area contributed by atoms with E-state index in [4.69, 9.17) is 0 Å².